The van der Waals surface area contributed by atoms with Crippen LogP contribution in [0.2, 0.25) is 0 Å². The molecule has 0 aromatic rings. The number of Topliss-reactive ketones (excluding diaryl/α,β-unsaturated/α-hetero) is 1. The maximum Gasteiger partial charge on any atom is 0.375 e. The van der Waals surface area contributed by atoms with Crippen molar-refractivity contribution in [3.05, 3.63) is 11.6 Å². The first-order valence-electron chi connectivity index (χ1n) is 7.60. The second-order valence-corrected chi connectivity index (χ2v) is 5.62. The topological polar surface area (TPSA) is 46.4 Å². The van der Waals surface area contributed by atoms with E-state index in [0.29, 0.717) is 6.61 Å². The van der Waals surface area contributed by atoms with Crippen molar-refractivity contribution < 1.29 is 18.9 Å². The predicted octanol–water partition coefficient (Wildman–Crippen LogP) is 1.97. The van der Waals surface area contributed by atoms with E-state index < -0.39 is 0 Å². The number of carbonyl (C=O) groups excluding carboxylic acids is 2. The largest absolute Gasteiger partial charge is 0.461 e. The van der Waals surface area contributed by atoms with Gasteiger partial charge in [-0.25, -0.2) is 9.37 Å². The van der Waals surface area contributed by atoms with E-state index in [1.165, 1.54) is 0 Å². The lowest BCUT2D eigenvalue weighted by atomic mass is 9.98. The van der Waals surface area contributed by atoms with E-state index in [9.17, 15) is 9.59 Å². The van der Waals surface area contributed by atoms with E-state index in [1.807, 2.05) is 17.7 Å². The first-order valence-corrected chi connectivity index (χ1v) is 7.60. The van der Waals surface area contributed by atoms with Crippen LogP contribution in [0.5, 0.6) is 0 Å². The molecular weight excluding hydrogens is 254 g/mol. The van der Waals surface area contributed by atoms with Gasteiger partial charge in [-0.05, 0) is 25.3 Å². The third kappa shape index (κ3) is 2.84. The lowest BCUT2D eigenvalue weighted by molar-refractivity contribution is -0.543. The molecule has 0 N–H and O–H groups in total. The number of hydrogen-bond donors (Lipinski definition) is 0. The average molecular weight is 278 g/mol. The molecule has 1 aliphatic heterocycles. The van der Waals surface area contributed by atoms with E-state index in [2.05, 4.69) is 13.0 Å². The number of esters is 1. The molecule has 0 spiro atoms. The highest BCUT2D eigenvalue weighted by Gasteiger charge is 2.45. The molecule has 0 fully saturated rings. The van der Waals surface area contributed by atoms with Crippen molar-refractivity contribution in [3.8, 4) is 0 Å². The van der Waals surface area contributed by atoms with E-state index in [1.54, 1.807) is 6.92 Å². The molecule has 4 nitrogen and oxygen atoms in total. The summed E-state index contributed by atoms with van der Waals surface area (Å²) >= 11 is 0. The minimum atomic E-state index is -0.305. The maximum atomic E-state index is 12.3. The minimum Gasteiger partial charge on any atom is -0.461 e. The molecule has 0 amide bonds. The number of hydrogen-bond acceptors (Lipinski definition) is 3. The van der Waals surface area contributed by atoms with Crippen molar-refractivity contribution in [2.75, 3.05) is 13.2 Å². The molecule has 110 valence electrons. The molecule has 0 unspecified atom stereocenters. The summed E-state index contributed by atoms with van der Waals surface area (Å²) < 4.78 is 7.00. The number of unbranched alkanes of at least 4 members (excludes halogenated alkanes) is 1. The number of nitrogens with zero attached hydrogens (tertiary/aromatic N) is 1. The number of rotatable bonds is 6. The average Bonchev–Trinajstić information content (AvgIpc) is 2.96. The van der Waals surface area contributed by atoms with Crippen LogP contribution in [0.3, 0.4) is 0 Å². The summed E-state index contributed by atoms with van der Waals surface area (Å²) in [4.78, 5) is 24.1. The fourth-order valence-corrected chi connectivity index (χ4v) is 2.97. The fourth-order valence-electron chi connectivity index (χ4n) is 2.97. The molecule has 0 bridgehead atoms. The molecule has 0 aromatic carbocycles. The Bertz CT molecular complexity index is 464. The molecular formula is C16H24NO3+. The Balaban J connectivity index is 2.00. The summed E-state index contributed by atoms with van der Waals surface area (Å²) in [5, 5.41) is 0. The van der Waals surface area contributed by atoms with Crippen molar-refractivity contribution >= 4 is 18.0 Å². The predicted molar refractivity (Wildman–Crippen MR) is 76.9 cm³/mol. The highest BCUT2D eigenvalue weighted by molar-refractivity contribution is 6.08. The summed E-state index contributed by atoms with van der Waals surface area (Å²) in [7, 11) is 0. The Morgan fingerprint density at radius 3 is 2.85 bits per heavy atom. The summed E-state index contributed by atoms with van der Waals surface area (Å²) in [6.07, 6.45) is 7.13. The molecule has 20 heavy (non-hydrogen) atoms. The highest BCUT2D eigenvalue weighted by atomic mass is 16.5. The first kappa shape index (κ1) is 14.9. The molecule has 0 aromatic heterocycles. The Morgan fingerprint density at radius 1 is 1.50 bits per heavy atom. The summed E-state index contributed by atoms with van der Waals surface area (Å²) in [5.74, 6) is 0.221. The maximum absolute atomic E-state index is 12.3. The number of ether oxygens (including phenoxy) is 1. The number of fused-ring (bicyclic) bond motifs is 1. The second-order valence-electron chi connectivity index (χ2n) is 5.62. The van der Waals surface area contributed by atoms with Crippen LogP contribution in [0.25, 0.3) is 0 Å². The van der Waals surface area contributed by atoms with Crippen LogP contribution in [-0.4, -0.2) is 41.7 Å². The van der Waals surface area contributed by atoms with Crippen molar-refractivity contribution in [1.82, 2.24) is 0 Å². The summed E-state index contributed by atoms with van der Waals surface area (Å²) in [6, 6.07) is -0.305. The SMILES string of the molecule is CCCCC1=C[C@H]2C[N+]([C@H](C)C(=O)OCC)=C[C@H]2C1=O. The molecule has 1 aliphatic carbocycles. The zero-order valence-corrected chi connectivity index (χ0v) is 12.6. The lowest BCUT2D eigenvalue weighted by Crippen LogP contribution is -2.33. The van der Waals surface area contributed by atoms with Crippen LogP contribution in [0, 0.1) is 11.8 Å². The van der Waals surface area contributed by atoms with Crippen molar-refractivity contribution in [2.45, 2.75) is 46.1 Å². The van der Waals surface area contributed by atoms with Gasteiger partial charge in [-0.1, -0.05) is 19.4 Å². The molecule has 2 rings (SSSR count). The monoisotopic (exact) mass is 278 g/mol. The van der Waals surface area contributed by atoms with Crippen LogP contribution in [0.4, 0.5) is 0 Å². The summed E-state index contributed by atoms with van der Waals surface area (Å²) in [6.45, 7) is 6.91. The van der Waals surface area contributed by atoms with Crippen molar-refractivity contribution in [1.29, 1.82) is 0 Å². The zero-order valence-electron chi connectivity index (χ0n) is 12.6. The van der Waals surface area contributed by atoms with Crippen molar-refractivity contribution in [2.24, 2.45) is 11.8 Å². The zero-order chi connectivity index (χ0) is 14.7. The molecule has 0 saturated heterocycles. The molecule has 4 heteroatoms. The Hall–Kier alpha value is -1.45. The minimum absolute atomic E-state index is 0.0567. The lowest BCUT2D eigenvalue weighted by Gasteiger charge is -2.08. The van der Waals surface area contributed by atoms with Gasteiger partial charge < -0.3 is 4.74 Å². The van der Waals surface area contributed by atoms with E-state index in [0.717, 1.165) is 31.4 Å². The second kappa shape index (κ2) is 6.33. The van der Waals surface area contributed by atoms with Gasteiger partial charge in [0.15, 0.2) is 18.5 Å². The third-order valence-electron chi connectivity index (χ3n) is 4.19. The van der Waals surface area contributed by atoms with Crippen LogP contribution < -0.4 is 0 Å². The Kier molecular flexibility index (Phi) is 4.73. The van der Waals surface area contributed by atoms with Gasteiger partial charge in [-0.2, -0.15) is 0 Å². The van der Waals surface area contributed by atoms with E-state index >= 15 is 0 Å². The molecule has 0 radical (unpaired) electrons. The molecule has 2 aliphatic rings. The van der Waals surface area contributed by atoms with Gasteiger partial charge in [0.1, 0.15) is 5.92 Å². The van der Waals surface area contributed by atoms with Gasteiger partial charge in [0, 0.05) is 6.92 Å². The standard InChI is InChI=1S/C16H24NO3/c1-4-6-7-12-8-13-9-17(10-14(13)15(12)18)11(3)16(19)20-5-2/h8,10-11,13-14H,4-7,9H2,1-3H3/q+1/t11-,13+,14-/m1/s1. The smallest absolute Gasteiger partial charge is 0.375 e. The van der Waals surface area contributed by atoms with E-state index in [-0.39, 0.29) is 29.6 Å². The van der Waals surface area contributed by atoms with Crippen molar-refractivity contribution in [3.63, 3.8) is 0 Å². The van der Waals surface area contributed by atoms with Gasteiger partial charge in [0.25, 0.3) is 0 Å². The van der Waals surface area contributed by atoms with E-state index in [4.69, 9.17) is 4.74 Å². The Morgan fingerprint density at radius 2 is 2.25 bits per heavy atom. The third-order valence-corrected chi connectivity index (χ3v) is 4.19. The molecule has 3 atom stereocenters. The number of ketones is 1. The van der Waals surface area contributed by atoms with Crippen LogP contribution in [0.15, 0.2) is 11.6 Å². The molecule has 0 saturated carbocycles. The van der Waals surface area contributed by atoms with Gasteiger partial charge in [-0.3, -0.25) is 4.79 Å². The van der Waals surface area contributed by atoms with Gasteiger partial charge in [0.2, 0.25) is 6.04 Å². The first-order chi connectivity index (χ1) is 9.58. The van der Waals surface area contributed by atoms with Gasteiger partial charge in [-0.15, -0.1) is 0 Å². The quantitative estimate of drug-likeness (QED) is 0.551. The molecule has 1 heterocycles. The number of allylic oxidation sites excluding steroid dienone is 1. The fraction of sp³-hybridized carbons (Fsp3) is 0.688. The van der Waals surface area contributed by atoms with Crippen LogP contribution in [0.1, 0.15) is 40.0 Å². The summed E-state index contributed by atoms with van der Waals surface area (Å²) in [5.41, 5.74) is 0.988. The normalized spacial score (nSPS) is 26.1. The number of carbonyl (C=O) groups is 2. The van der Waals surface area contributed by atoms with Gasteiger partial charge >= 0.3 is 5.97 Å². The highest BCUT2D eigenvalue weighted by Crippen LogP contribution is 2.32. The Labute approximate surface area is 120 Å². The van der Waals surface area contributed by atoms with Crippen LogP contribution in [-0.2, 0) is 14.3 Å². The van der Waals surface area contributed by atoms with Gasteiger partial charge in [0.05, 0.1) is 12.5 Å². The van der Waals surface area contributed by atoms with Crippen LogP contribution >= 0.6 is 0 Å².